The molecule has 0 spiro atoms. The molecule has 0 saturated carbocycles. The predicted octanol–water partition coefficient (Wildman–Crippen LogP) is 2.58. The molecular weight excluding hydrogens is 181 g/mol. The number of anilines is 1. The van der Waals surface area contributed by atoms with Gasteiger partial charge in [0.1, 0.15) is 5.82 Å². The largest absolute Gasteiger partial charge is 0.385 e. The summed E-state index contributed by atoms with van der Waals surface area (Å²) in [6.07, 6.45) is 0.879. The van der Waals surface area contributed by atoms with E-state index in [-0.39, 0.29) is 5.82 Å². The third-order valence-electron chi connectivity index (χ3n) is 1.97. The number of halogens is 1. The molecule has 0 heterocycles. The second-order valence-corrected chi connectivity index (χ2v) is 3.26. The SMILES string of the molecule is COCCCNc1ccc(C)cc1F. The fourth-order valence-corrected chi connectivity index (χ4v) is 1.20. The summed E-state index contributed by atoms with van der Waals surface area (Å²) >= 11 is 0. The number of benzene rings is 1. The molecule has 14 heavy (non-hydrogen) atoms. The van der Waals surface area contributed by atoms with Crippen molar-refractivity contribution < 1.29 is 9.13 Å². The first-order chi connectivity index (χ1) is 6.74. The first-order valence-electron chi connectivity index (χ1n) is 4.73. The molecule has 0 aliphatic heterocycles. The maximum atomic E-state index is 13.3. The number of hydrogen-bond acceptors (Lipinski definition) is 2. The van der Waals surface area contributed by atoms with E-state index in [9.17, 15) is 4.39 Å². The Morgan fingerprint density at radius 2 is 2.21 bits per heavy atom. The van der Waals surface area contributed by atoms with Crippen molar-refractivity contribution in [3.05, 3.63) is 29.6 Å². The number of nitrogens with one attached hydrogen (secondary N) is 1. The van der Waals surface area contributed by atoms with E-state index < -0.39 is 0 Å². The van der Waals surface area contributed by atoms with Crippen LogP contribution in [-0.4, -0.2) is 20.3 Å². The van der Waals surface area contributed by atoms with E-state index in [0.717, 1.165) is 18.5 Å². The van der Waals surface area contributed by atoms with Gasteiger partial charge in [0, 0.05) is 20.3 Å². The molecule has 3 heteroatoms. The van der Waals surface area contributed by atoms with Gasteiger partial charge in [-0.15, -0.1) is 0 Å². The molecule has 0 radical (unpaired) electrons. The second-order valence-electron chi connectivity index (χ2n) is 3.26. The summed E-state index contributed by atoms with van der Waals surface area (Å²) in [4.78, 5) is 0. The molecule has 1 aromatic rings. The molecule has 1 aromatic carbocycles. The minimum absolute atomic E-state index is 0.192. The molecule has 1 rings (SSSR count). The summed E-state index contributed by atoms with van der Waals surface area (Å²) in [5.41, 5.74) is 1.50. The molecular formula is C11H16FNO. The third-order valence-corrected chi connectivity index (χ3v) is 1.97. The average molecular weight is 197 g/mol. The van der Waals surface area contributed by atoms with Gasteiger partial charge in [0.2, 0.25) is 0 Å². The Kier molecular flexibility index (Phi) is 4.40. The van der Waals surface area contributed by atoms with E-state index in [1.54, 1.807) is 13.2 Å². The van der Waals surface area contributed by atoms with Gasteiger partial charge in [0.15, 0.2) is 0 Å². The molecule has 0 amide bonds. The van der Waals surface area contributed by atoms with Crippen molar-refractivity contribution in [1.29, 1.82) is 0 Å². The highest BCUT2D eigenvalue weighted by atomic mass is 19.1. The zero-order valence-corrected chi connectivity index (χ0v) is 8.64. The summed E-state index contributed by atoms with van der Waals surface area (Å²) in [6, 6.07) is 5.18. The summed E-state index contributed by atoms with van der Waals surface area (Å²) in [5, 5.41) is 3.02. The van der Waals surface area contributed by atoms with Crippen LogP contribution in [0.2, 0.25) is 0 Å². The van der Waals surface area contributed by atoms with Gasteiger partial charge >= 0.3 is 0 Å². The van der Waals surface area contributed by atoms with Crippen LogP contribution < -0.4 is 5.32 Å². The van der Waals surface area contributed by atoms with E-state index in [4.69, 9.17) is 4.74 Å². The quantitative estimate of drug-likeness (QED) is 0.732. The van der Waals surface area contributed by atoms with Crippen molar-refractivity contribution in [2.45, 2.75) is 13.3 Å². The Morgan fingerprint density at radius 1 is 1.43 bits per heavy atom. The predicted molar refractivity (Wildman–Crippen MR) is 56.1 cm³/mol. The molecule has 78 valence electrons. The van der Waals surface area contributed by atoms with Gasteiger partial charge in [-0.25, -0.2) is 4.39 Å². The lowest BCUT2D eigenvalue weighted by atomic mass is 10.2. The van der Waals surface area contributed by atoms with E-state index in [0.29, 0.717) is 12.3 Å². The number of ether oxygens (including phenoxy) is 1. The van der Waals surface area contributed by atoms with Gasteiger partial charge in [-0.05, 0) is 31.0 Å². The van der Waals surface area contributed by atoms with Gasteiger partial charge in [-0.1, -0.05) is 6.07 Å². The first-order valence-corrected chi connectivity index (χ1v) is 4.73. The normalized spacial score (nSPS) is 10.2. The topological polar surface area (TPSA) is 21.3 Å². The van der Waals surface area contributed by atoms with Gasteiger partial charge in [-0.2, -0.15) is 0 Å². The van der Waals surface area contributed by atoms with E-state index in [1.165, 1.54) is 6.07 Å². The molecule has 0 aromatic heterocycles. The van der Waals surface area contributed by atoms with Crippen LogP contribution in [0.5, 0.6) is 0 Å². The Labute approximate surface area is 84.1 Å². The van der Waals surface area contributed by atoms with Gasteiger partial charge in [0.25, 0.3) is 0 Å². The Bertz CT molecular complexity index is 289. The van der Waals surface area contributed by atoms with Crippen LogP contribution in [0.1, 0.15) is 12.0 Å². The highest BCUT2D eigenvalue weighted by Crippen LogP contribution is 2.14. The highest BCUT2D eigenvalue weighted by Gasteiger charge is 2.00. The number of hydrogen-bond donors (Lipinski definition) is 1. The summed E-state index contributed by atoms with van der Waals surface area (Å²) in [5.74, 6) is -0.192. The van der Waals surface area contributed by atoms with Crippen LogP contribution in [0.15, 0.2) is 18.2 Å². The first kappa shape index (κ1) is 11.0. The van der Waals surface area contributed by atoms with Gasteiger partial charge in [-0.3, -0.25) is 0 Å². The van der Waals surface area contributed by atoms with Gasteiger partial charge < -0.3 is 10.1 Å². The maximum Gasteiger partial charge on any atom is 0.146 e. The fourth-order valence-electron chi connectivity index (χ4n) is 1.20. The summed E-state index contributed by atoms with van der Waals surface area (Å²) < 4.78 is 18.2. The van der Waals surface area contributed by atoms with Crippen LogP contribution in [-0.2, 0) is 4.74 Å². The molecule has 0 aliphatic rings. The monoisotopic (exact) mass is 197 g/mol. The van der Waals surface area contributed by atoms with E-state index >= 15 is 0 Å². The Balaban J connectivity index is 2.42. The van der Waals surface area contributed by atoms with Crippen LogP contribution in [0.3, 0.4) is 0 Å². The highest BCUT2D eigenvalue weighted by molar-refractivity contribution is 5.45. The molecule has 0 aliphatic carbocycles. The number of methoxy groups -OCH3 is 1. The zero-order valence-electron chi connectivity index (χ0n) is 8.64. The third kappa shape index (κ3) is 3.34. The molecule has 2 nitrogen and oxygen atoms in total. The van der Waals surface area contributed by atoms with Crippen LogP contribution >= 0.6 is 0 Å². The molecule has 1 N–H and O–H groups in total. The number of aryl methyl sites for hydroxylation is 1. The van der Waals surface area contributed by atoms with Crippen molar-refractivity contribution in [3.63, 3.8) is 0 Å². The standard InChI is InChI=1S/C11H16FNO/c1-9-4-5-11(10(12)8-9)13-6-3-7-14-2/h4-5,8,13H,3,6-7H2,1-2H3. The Morgan fingerprint density at radius 3 is 2.86 bits per heavy atom. The van der Waals surface area contributed by atoms with Crippen molar-refractivity contribution >= 4 is 5.69 Å². The van der Waals surface area contributed by atoms with Crippen molar-refractivity contribution in [2.75, 3.05) is 25.6 Å². The van der Waals surface area contributed by atoms with E-state index in [2.05, 4.69) is 5.32 Å². The van der Waals surface area contributed by atoms with Crippen molar-refractivity contribution in [3.8, 4) is 0 Å². The average Bonchev–Trinajstić information content (AvgIpc) is 2.15. The molecule has 0 bridgehead atoms. The molecule has 0 saturated heterocycles. The lowest BCUT2D eigenvalue weighted by Crippen LogP contribution is -2.05. The van der Waals surface area contributed by atoms with Crippen LogP contribution in [0.25, 0.3) is 0 Å². The van der Waals surface area contributed by atoms with Gasteiger partial charge in [0.05, 0.1) is 5.69 Å². The maximum absolute atomic E-state index is 13.3. The minimum atomic E-state index is -0.192. The molecule has 0 atom stereocenters. The lowest BCUT2D eigenvalue weighted by molar-refractivity contribution is 0.197. The van der Waals surface area contributed by atoms with Crippen LogP contribution in [0.4, 0.5) is 10.1 Å². The van der Waals surface area contributed by atoms with Crippen LogP contribution in [0, 0.1) is 12.7 Å². The summed E-state index contributed by atoms with van der Waals surface area (Å²) in [6.45, 7) is 3.30. The van der Waals surface area contributed by atoms with Crippen molar-refractivity contribution in [1.82, 2.24) is 0 Å². The zero-order chi connectivity index (χ0) is 10.4. The lowest BCUT2D eigenvalue weighted by Gasteiger charge is -2.07. The summed E-state index contributed by atoms with van der Waals surface area (Å²) in [7, 11) is 1.66. The Hall–Kier alpha value is -1.09. The molecule has 0 unspecified atom stereocenters. The second kappa shape index (κ2) is 5.60. The minimum Gasteiger partial charge on any atom is -0.385 e. The van der Waals surface area contributed by atoms with E-state index in [1.807, 2.05) is 13.0 Å². The molecule has 0 fully saturated rings. The smallest absolute Gasteiger partial charge is 0.146 e. The fraction of sp³-hybridized carbons (Fsp3) is 0.455. The van der Waals surface area contributed by atoms with Crippen molar-refractivity contribution in [2.24, 2.45) is 0 Å². The number of rotatable bonds is 5.